The Kier molecular flexibility index (Phi) is 7.58. The van der Waals surface area contributed by atoms with Crippen molar-refractivity contribution in [1.29, 1.82) is 0 Å². The molecule has 0 radical (unpaired) electrons. The van der Waals surface area contributed by atoms with E-state index in [4.69, 9.17) is 4.74 Å². The van der Waals surface area contributed by atoms with Gasteiger partial charge in [-0.1, -0.05) is 26.8 Å². The van der Waals surface area contributed by atoms with Gasteiger partial charge in [0.1, 0.15) is 5.75 Å². The van der Waals surface area contributed by atoms with E-state index in [2.05, 4.69) is 63.2 Å². The lowest BCUT2D eigenvalue weighted by molar-refractivity contribution is 0.401. The fourth-order valence-electron chi connectivity index (χ4n) is 2.51. The second kappa shape index (κ2) is 8.93. The van der Waals surface area contributed by atoms with Crippen LogP contribution in [-0.4, -0.2) is 27.2 Å². The number of nitrogens with one attached hydrogen (secondary N) is 1. The van der Waals surface area contributed by atoms with Crippen LogP contribution in [0.2, 0.25) is 0 Å². The van der Waals surface area contributed by atoms with E-state index in [0.29, 0.717) is 0 Å². The van der Waals surface area contributed by atoms with E-state index in [1.165, 1.54) is 17.7 Å². The van der Waals surface area contributed by atoms with Crippen molar-refractivity contribution < 1.29 is 4.74 Å². The average Bonchev–Trinajstić information content (AvgIpc) is 2.49. The molecule has 3 nitrogen and oxygen atoms in total. The quantitative estimate of drug-likeness (QED) is 0.737. The molecule has 0 amide bonds. The first-order valence-electron chi connectivity index (χ1n) is 8.12. The first-order chi connectivity index (χ1) is 10.0. The van der Waals surface area contributed by atoms with E-state index in [1.54, 1.807) is 7.11 Å². The third-order valence-electron chi connectivity index (χ3n) is 3.85. The molecule has 0 heterocycles. The largest absolute Gasteiger partial charge is 0.496 e. The zero-order chi connectivity index (χ0) is 15.8. The Morgan fingerprint density at radius 3 is 2.52 bits per heavy atom. The highest BCUT2D eigenvalue weighted by atomic mass is 16.5. The Labute approximate surface area is 130 Å². The van der Waals surface area contributed by atoms with E-state index in [1.807, 2.05) is 0 Å². The molecule has 0 aliphatic carbocycles. The fourth-order valence-corrected chi connectivity index (χ4v) is 2.51. The Morgan fingerprint density at radius 2 is 1.95 bits per heavy atom. The summed E-state index contributed by atoms with van der Waals surface area (Å²) >= 11 is 0. The highest BCUT2D eigenvalue weighted by Gasteiger charge is 2.18. The maximum atomic E-state index is 5.60. The zero-order valence-corrected chi connectivity index (χ0v) is 14.6. The molecule has 0 aromatic heterocycles. The van der Waals surface area contributed by atoms with Gasteiger partial charge in [0.15, 0.2) is 0 Å². The predicted octanol–water partition coefficient (Wildman–Crippen LogP) is 4.24. The molecule has 21 heavy (non-hydrogen) atoms. The van der Waals surface area contributed by atoms with Crippen LogP contribution in [0.5, 0.6) is 5.75 Å². The average molecular weight is 292 g/mol. The van der Waals surface area contributed by atoms with Crippen LogP contribution >= 0.6 is 0 Å². The summed E-state index contributed by atoms with van der Waals surface area (Å²) in [6.45, 7) is 11.0. The van der Waals surface area contributed by atoms with Crippen molar-refractivity contribution in [3.8, 4) is 5.75 Å². The lowest BCUT2D eigenvalue weighted by Crippen LogP contribution is -2.26. The number of nitrogens with zero attached hydrogens (tertiary/aromatic N) is 1. The van der Waals surface area contributed by atoms with Gasteiger partial charge in [-0.2, -0.15) is 0 Å². The molecule has 1 N–H and O–H groups in total. The van der Waals surface area contributed by atoms with Gasteiger partial charge in [-0.25, -0.2) is 0 Å². The molecule has 120 valence electrons. The highest BCUT2D eigenvalue weighted by molar-refractivity contribution is 5.60. The zero-order valence-electron chi connectivity index (χ0n) is 14.6. The Balaban J connectivity index is 3.01. The number of benzene rings is 1. The first-order valence-corrected chi connectivity index (χ1v) is 8.12. The van der Waals surface area contributed by atoms with Crippen LogP contribution in [0.1, 0.15) is 52.1 Å². The standard InChI is InChI=1S/C18H32N2O/c1-7-12-19-15(4)18-16(9-8-10-17(18)21-6)20(5)13-11-14(2)3/h8-10,14-15,19H,7,11-13H2,1-6H3. The number of hydrogen-bond donors (Lipinski definition) is 1. The van der Waals surface area contributed by atoms with Crippen LogP contribution in [-0.2, 0) is 0 Å². The van der Waals surface area contributed by atoms with Crippen molar-refractivity contribution in [3.63, 3.8) is 0 Å². The minimum Gasteiger partial charge on any atom is -0.496 e. The molecule has 1 rings (SSSR count). The summed E-state index contributed by atoms with van der Waals surface area (Å²) in [5.74, 6) is 1.69. The predicted molar refractivity (Wildman–Crippen MR) is 92.4 cm³/mol. The Morgan fingerprint density at radius 1 is 1.24 bits per heavy atom. The van der Waals surface area contributed by atoms with Gasteiger partial charge in [0, 0.05) is 30.9 Å². The third-order valence-corrected chi connectivity index (χ3v) is 3.85. The first kappa shape index (κ1) is 17.8. The van der Waals surface area contributed by atoms with Gasteiger partial charge in [-0.15, -0.1) is 0 Å². The molecule has 0 saturated carbocycles. The minimum atomic E-state index is 0.289. The topological polar surface area (TPSA) is 24.5 Å². The summed E-state index contributed by atoms with van der Waals surface area (Å²) in [6, 6.07) is 6.62. The summed E-state index contributed by atoms with van der Waals surface area (Å²) in [4.78, 5) is 2.35. The number of methoxy groups -OCH3 is 1. The molecule has 0 saturated heterocycles. The second-order valence-electron chi connectivity index (χ2n) is 6.17. The molecule has 0 aliphatic rings. The van der Waals surface area contributed by atoms with Gasteiger partial charge in [0.05, 0.1) is 7.11 Å². The number of rotatable bonds is 9. The van der Waals surface area contributed by atoms with E-state index in [9.17, 15) is 0 Å². The van der Waals surface area contributed by atoms with Gasteiger partial charge in [-0.05, 0) is 44.4 Å². The number of anilines is 1. The summed E-state index contributed by atoms with van der Waals surface area (Å²) in [6.07, 6.45) is 2.34. The molecule has 3 heteroatoms. The molecule has 1 aromatic carbocycles. The lowest BCUT2D eigenvalue weighted by Gasteiger charge is -2.27. The third kappa shape index (κ3) is 5.24. The van der Waals surface area contributed by atoms with Gasteiger partial charge >= 0.3 is 0 Å². The van der Waals surface area contributed by atoms with Crippen molar-refractivity contribution in [2.24, 2.45) is 5.92 Å². The molecule has 1 unspecified atom stereocenters. The van der Waals surface area contributed by atoms with Crippen molar-refractivity contribution >= 4 is 5.69 Å². The molecule has 1 atom stereocenters. The van der Waals surface area contributed by atoms with Crippen molar-refractivity contribution in [2.45, 2.75) is 46.6 Å². The van der Waals surface area contributed by atoms with Crippen molar-refractivity contribution in [2.75, 3.05) is 32.1 Å². The van der Waals surface area contributed by atoms with Crippen LogP contribution in [0.25, 0.3) is 0 Å². The van der Waals surface area contributed by atoms with E-state index < -0.39 is 0 Å². The molecular formula is C18H32N2O. The van der Waals surface area contributed by atoms with E-state index in [-0.39, 0.29) is 6.04 Å². The van der Waals surface area contributed by atoms with Crippen LogP contribution in [0, 0.1) is 5.92 Å². The molecule has 0 fully saturated rings. The summed E-state index contributed by atoms with van der Waals surface area (Å²) in [5.41, 5.74) is 2.53. The molecule has 0 bridgehead atoms. The summed E-state index contributed by atoms with van der Waals surface area (Å²) < 4.78 is 5.60. The Hall–Kier alpha value is -1.22. The monoisotopic (exact) mass is 292 g/mol. The highest BCUT2D eigenvalue weighted by Crippen LogP contribution is 2.34. The lowest BCUT2D eigenvalue weighted by atomic mass is 10.0. The van der Waals surface area contributed by atoms with Gasteiger partial charge in [-0.3, -0.25) is 0 Å². The van der Waals surface area contributed by atoms with Crippen LogP contribution in [0.4, 0.5) is 5.69 Å². The van der Waals surface area contributed by atoms with Crippen LogP contribution in [0.15, 0.2) is 18.2 Å². The SMILES string of the molecule is CCCNC(C)c1c(OC)cccc1N(C)CCC(C)C. The van der Waals surface area contributed by atoms with E-state index >= 15 is 0 Å². The fraction of sp³-hybridized carbons (Fsp3) is 0.667. The molecular weight excluding hydrogens is 260 g/mol. The maximum absolute atomic E-state index is 5.60. The van der Waals surface area contributed by atoms with E-state index in [0.717, 1.165) is 31.2 Å². The van der Waals surface area contributed by atoms with Crippen molar-refractivity contribution in [1.82, 2.24) is 5.32 Å². The van der Waals surface area contributed by atoms with Crippen LogP contribution < -0.4 is 15.0 Å². The normalized spacial score (nSPS) is 12.5. The minimum absolute atomic E-state index is 0.289. The molecule has 0 spiro atoms. The second-order valence-corrected chi connectivity index (χ2v) is 6.17. The Bertz CT molecular complexity index is 418. The van der Waals surface area contributed by atoms with Gasteiger partial charge in [0.25, 0.3) is 0 Å². The number of hydrogen-bond acceptors (Lipinski definition) is 3. The number of ether oxygens (including phenoxy) is 1. The molecule has 0 aliphatic heterocycles. The summed E-state index contributed by atoms with van der Waals surface area (Å²) in [5, 5.41) is 3.58. The summed E-state index contributed by atoms with van der Waals surface area (Å²) in [7, 11) is 3.93. The maximum Gasteiger partial charge on any atom is 0.125 e. The van der Waals surface area contributed by atoms with Gasteiger partial charge in [0.2, 0.25) is 0 Å². The van der Waals surface area contributed by atoms with Crippen LogP contribution in [0.3, 0.4) is 0 Å². The molecule has 1 aromatic rings. The smallest absolute Gasteiger partial charge is 0.125 e. The van der Waals surface area contributed by atoms with Gasteiger partial charge < -0.3 is 15.0 Å². The van der Waals surface area contributed by atoms with Crippen molar-refractivity contribution in [3.05, 3.63) is 23.8 Å².